The Morgan fingerprint density at radius 3 is 2.93 bits per heavy atom. The monoisotopic (exact) mass is 366 g/mol. The minimum Gasteiger partial charge on any atom is -0.395 e. The van der Waals surface area contributed by atoms with E-state index in [0.717, 1.165) is 30.4 Å². The molecule has 27 heavy (non-hydrogen) atoms. The number of carbonyl (C=O) groups excluding carboxylic acids is 1. The average Bonchev–Trinajstić information content (AvgIpc) is 3.11. The van der Waals surface area contributed by atoms with Crippen LogP contribution >= 0.6 is 0 Å². The Morgan fingerprint density at radius 2 is 2.11 bits per heavy atom. The molecule has 3 aromatic rings. The third-order valence-corrected chi connectivity index (χ3v) is 4.82. The second-order valence-electron chi connectivity index (χ2n) is 6.67. The number of aromatic nitrogens is 4. The van der Waals surface area contributed by atoms with Crippen molar-refractivity contribution in [2.75, 3.05) is 24.6 Å². The van der Waals surface area contributed by atoms with Gasteiger partial charge in [-0.1, -0.05) is 0 Å². The first-order valence-electron chi connectivity index (χ1n) is 9.13. The molecule has 1 fully saturated rings. The molecule has 4 rings (SSSR count). The summed E-state index contributed by atoms with van der Waals surface area (Å²) in [7, 11) is 0. The van der Waals surface area contributed by atoms with E-state index >= 15 is 0 Å². The van der Waals surface area contributed by atoms with Crippen molar-refractivity contribution >= 4 is 22.9 Å². The van der Waals surface area contributed by atoms with E-state index in [-0.39, 0.29) is 18.6 Å². The summed E-state index contributed by atoms with van der Waals surface area (Å²) in [6, 6.07) is 7.31. The highest BCUT2D eigenvalue weighted by Gasteiger charge is 2.23. The largest absolute Gasteiger partial charge is 0.395 e. The quantitative estimate of drug-likeness (QED) is 0.705. The summed E-state index contributed by atoms with van der Waals surface area (Å²) in [4.78, 5) is 27.7. The Hall–Kier alpha value is -3.00. The average molecular weight is 366 g/mol. The van der Waals surface area contributed by atoms with Crippen molar-refractivity contribution in [1.82, 2.24) is 24.8 Å². The van der Waals surface area contributed by atoms with Crippen LogP contribution in [0.4, 0.5) is 5.95 Å². The van der Waals surface area contributed by atoms with Crippen molar-refractivity contribution in [3.05, 3.63) is 48.5 Å². The zero-order chi connectivity index (χ0) is 18.6. The molecular weight excluding hydrogens is 344 g/mol. The molecule has 140 valence electrons. The summed E-state index contributed by atoms with van der Waals surface area (Å²) in [6.07, 6.45) is 7.06. The van der Waals surface area contributed by atoms with Crippen LogP contribution in [-0.4, -0.2) is 56.3 Å². The number of nitrogens with zero attached hydrogens (tertiary/aromatic N) is 5. The van der Waals surface area contributed by atoms with Crippen LogP contribution in [0.15, 0.2) is 43.0 Å². The van der Waals surface area contributed by atoms with Gasteiger partial charge in [-0.05, 0) is 37.1 Å². The second-order valence-corrected chi connectivity index (χ2v) is 6.67. The van der Waals surface area contributed by atoms with Crippen molar-refractivity contribution in [2.45, 2.75) is 25.4 Å². The summed E-state index contributed by atoms with van der Waals surface area (Å²) in [5.74, 6) is 0.599. The van der Waals surface area contributed by atoms with E-state index in [1.165, 1.54) is 0 Å². The molecule has 1 aromatic carbocycles. The van der Waals surface area contributed by atoms with Gasteiger partial charge in [0.1, 0.15) is 0 Å². The first-order valence-corrected chi connectivity index (χ1v) is 9.13. The van der Waals surface area contributed by atoms with E-state index in [4.69, 9.17) is 5.11 Å². The fraction of sp³-hybridized carbons (Fsp3) is 0.368. The lowest BCUT2D eigenvalue weighted by atomic mass is 10.1. The van der Waals surface area contributed by atoms with Crippen LogP contribution in [0.5, 0.6) is 0 Å². The second kappa shape index (κ2) is 7.71. The van der Waals surface area contributed by atoms with Gasteiger partial charge >= 0.3 is 0 Å². The molecule has 3 heterocycles. The molecule has 1 aliphatic heterocycles. The molecule has 1 aliphatic rings. The number of hydrogen-bond acceptors (Lipinski definition) is 6. The van der Waals surface area contributed by atoms with Crippen molar-refractivity contribution in [2.24, 2.45) is 0 Å². The maximum Gasteiger partial charge on any atom is 0.251 e. The highest BCUT2D eigenvalue weighted by Crippen LogP contribution is 2.18. The SMILES string of the molecule is O=C(NC1CCCN(c2ncccn2)C1)c1ccc2c(c1)ncn2CCO. The molecule has 0 aliphatic carbocycles. The summed E-state index contributed by atoms with van der Waals surface area (Å²) < 4.78 is 1.87. The molecule has 0 bridgehead atoms. The molecule has 0 spiro atoms. The van der Waals surface area contributed by atoms with Gasteiger partial charge in [-0.25, -0.2) is 15.0 Å². The number of piperidine rings is 1. The molecule has 1 atom stereocenters. The Balaban J connectivity index is 1.44. The number of rotatable bonds is 5. The van der Waals surface area contributed by atoms with Gasteiger partial charge in [-0.15, -0.1) is 0 Å². The van der Waals surface area contributed by atoms with E-state index < -0.39 is 0 Å². The highest BCUT2D eigenvalue weighted by molar-refractivity contribution is 5.97. The summed E-state index contributed by atoms with van der Waals surface area (Å²) in [6.45, 7) is 2.13. The summed E-state index contributed by atoms with van der Waals surface area (Å²) in [5, 5.41) is 12.2. The fourth-order valence-corrected chi connectivity index (χ4v) is 3.49. The zero-order valence-corrected chi connectivity index (χ0v) is 15.0. The van der Waals surface area contributed by atoms with Crippen LogP contribution in [0.1, 0.15) is 23.2 Å². The smallest absolute Gasteiger partial charge is 0.251 e. The van der Waals surface area contributed by atoms with Gasteiger partial charge in [0.15, 0.2) is 0 Å². The zero-order valence-electron chi connectivity index (χ0n) is 15.0. The van der Waals surface area contributed by atoms with Crippen molar-refractivity contribution in [3.8, 4) is 0 Å². The molecule has 1 unspecified atom stereocenters. The van der Waals surface area contributed by atoms with E-state index in [0.29, 0.717) is 24.6 Å². The van der Waals surface area contributed by atoms with Crippen molar-refractivity contribution in [3.63, 3.8) is 0 Å². The lowest BCUT2D eigenvalue weighted by Gasteiger charge is -2.33. The minimum atomic E-state index is -0.102. The van der Waals surface area contributed by atoms with Crippen LogP contribution in [-0.2, 0) is 6.54 Å². The van der Waals surface area contributed by atoms with Gasteiger partial charge in [0, 0.05) is 43.6 Å². The Labute approximate surface area is 156 Å². The lowest BCUT2D eigenvalue weighted by Crippen LogP contribution is -2.48. The molecule has 1 saturated heterocycles. The molecule has 0 saturated carbocycles. The van der Waals surface area contributed by atoms with Crippen molar-refractivity contribution < 1.29 is 9.90 Å². The van der Waals surface area contributed by atoms with Crippen LogP contribution in [0.25, 0.3) is 11.0 Å². The van der Waals surface area contributed by atoms with Crippen molar-refractivity contribution in [1.29, 1.82) is 0 Å². The molecule has 2 N–H and O–H groups in total. The molecule has 1 amide bonds. The number of amides is 1. The third-order valence-electron chi connectivity index (χ3n) is 4.82. The number of anilines is 1. The van der Waals surface area contributed by atoms with Gasteiger partial charge in [0.25, 0.3) is 5.91 Å². The van der Waals surface area contributed by atoms with E-state index in [1.807, 2.05) is 10.6 Å². The predicted molar refractivity (Wildman–Crippen MR) is 102 cm³/mol. The fourth-order valence-electron chi connectivity index (χ4n) is 3.49. The Morgan fingerprint density at radius 1 is 1.26 bits per heavy atom. The first-order chi connectivity index (χ1) is 13.2. The molecule has 8 heteroatoms. The number of fused-ring (bicyclic) bond motifs is 1. The number of nitrogens with one attached hydrogen (secondary N) is 1. The third kappa shape index (κ3) is 3.75. The van der Waals surface area contributed by atoms with Crippen LogP contribution in [0.2, 0.25) is 0 Å². The maximum atomic E-state index is 12.7. The predicted octanol–water partition coefficient (Wildman–Crippen LogP) is 1.22. The molecule has 2 aromatic heterocycles. The number of benzene rings is 1. The molecule has 0 radical (unpaired) electrons. The van der Waals surface area contributed by atoms with E-state index in [1.54, 1.807) is 36.9 Å². The molecule has 8 nitrogen and oxygen atoms in total. The van der Waals surface area contributed by atoms with Gasteiger partial charge in [0.05, 0.1) is 24.0 Å². The van der Waals surface area contributed by atoms with Gasteiger partial charge in [-0.2, -0.15) is 0 Å². The first kappa shape index (κ1) is 17.4. The normalized spacial score (nSPS) is 17.2. The number of hydrogen-bond donors (Lipinski definition) is 2. The van der Waals surface area contributed by atoms with Gasteiger partial charge in [-0.3, -0.25) is 4.79 Å². The highest BCUT2D eigenvalue weighted by atomic mass is 16.3. The Kier molecular flexibility index (Phi) is 4.97. The van der Waals surface area contributed by atoms with Crippen LogP contribution in [0.3, 0.4) is 0 Å². The van der Waals surface area contributed by atoms with Gasteiger partial charge in [0.2, 0.25) is 5.95 Å². The number of carbonyl (C=O) groups is 1. The Bertz CT molecular complexity index is 926. The topological polar surface area (TPSA) is 96.2 Å². The number of imidazole rings is 1. The lowest BCUT2D eigenvalue weighted by molar-refractivity contribution is 0.0933. The van der Waals surface area contributed by atoms with Crippen LogP contribution in [0, 0.1) is 0 Å². The summed E-state index contributed by atoms with van der Waals surface area (Å²) >= 11 is 0. The number of aliphatic hydroxyl groups is 1. The standard InChI is InChI=1S/C19H22N6O2/c26-10-9-25-13-22-16-11-14(4-5-17(16)25)18(27)23-15-3-1-8-24(12-15)19-20-6-2-7-21-19/h2,4-7,11,13,15,26H,1,3,8-10,12H2,(H,23,27). The van der Waals surface area contributed by atoms with E-state index in [9.17, 15) is 4.79 Å². The van der Waals surface area contributed by atoms with Gasteiger partial charge < -0.3 is 19.9 Å². The maximum absolute atomic E-state index is 12.7. The summed E-state index contributed by atoms with van der Waals surface area (Å²) in [5.41, 5.74) is 2.24. The van der Waals surface area contributed by atoms with E-state index in [2.05, 4.69) is 25.2 Å². The van der Waals surface area contributed by atoms with Crippen LogP contribution < -0.4 is 10.2 Å². The minimum absolute atomic E-state index is 0.0526. The molecular formula is C19H22N6O2. The number of aliphatic hydroxyl groups excluding tert-OH is 1.